The first-order valence-corrected chi connectivity index (χ1v) is 10.9. The summed E-state index contributed by atoms with van der Waals surface area (Å²) in [5.74, 6) is -1.47. The molecule has 0 radical (unpaired) electrons. The Morgan fingerprint density at radius 1 is 1.18 bits per heavy atom. The largest absolute Gasteiger partial charge is 0.480 e. The minimum Gasteiger partial charge on any atom is -0.480 e. The van der Waals surface area contributed by atoms with Crippen LogP contribution in [0.5, 0.6) is 0 Å². The van der Waals surface area contributed by atoms with Gasteiger partial charge in [0.25, 0.3) is 0 Å². The Morgan fingerprint density at radius 2 is 1.82 bits per heavy atom. The lowest BCUT2D eigenvalue weighted by Gasteiger charge is -2.26. The van der Waals surface area contributed by atoms with Crippen molar-refractivity contribution in [3.8, 4) is 0 Å². The van der Waals surface area contributed by atoms with E-state index < -0.39 is 27.6 Å². The zero-order valence-corrected chi connectivity index (χ0v) is 17.4. The molecule has 9 heteroatoms. The maximum Gasteiger partial charge on any atom is 0.407 e. The lowest BCUT2D eigenvalue weighted by atomic mass is 9.96. The minimum atomic E-state index is -3.69. The van der Waals surface area contributed by atoms with E-state index >= 15 is 0 Å². The third-order valence-corrected chi connectivity index (χ3v) is 5.86. The van der Waals surface area contributed by atoms with Gasteiger partial charge in [0.1, 0.15) is 12.1 Å². The minimum absolute atomic E-state index is 0.110. The van der Waals surface area contributed by atoms with Crippen LogP contribution in [0, 0.1) is 5.92 Å². The molecule has 1 atom stereocenters. The highest BCUT2D eigenvalue weighted by molar-refractivity contribution is 7.89. The van der Waals surface area contributed by atoms with Crippen molar-refractivity contribution in [2.24, 2.45) is 5.92 Å². The van der Waals surface area contributed by atoms with Crippen LogP contribution in [0.15, 0.2) is 30.3 Å². The summed E-state index contributed by atoms with van der Waals surface area (Å²) in [6.45, 7) is 5.33. The number of benzene rings is 1. The fraction of sp³-hybridized carbons (Fsp3) is 0.579. The van der Waals surface area contributed by atoms with Crippen molar-refractivity contribution < 1.29 is 27.9 Å². The zero-order valence-electron chi connectivity index (χ0n) is 16.6. The monoisotopic (exact) mass is 414 g/mol. The maximum absolute atomic E-state index is 12.1. The summed E-state index contributed by atoms with van der Waals surface area (Å²) in [4.78, 5) is 23.2. The van der Waals surface area contributed by atoms with Gasteiger partial charge in [0.15, 0.2) is 0 Å². The van der Waals surface area contributed by atoms with Gasteiger partial charge in [0.2, 0.25) is 10.0 Å². The third kappa shape index (κ3) is 9.18. The second-order valence-electron chi connectivity index (χ2n) is 7.36. The number of carboxylic acids is 1. The first-order chi connectivity index (χ1) is 13.0. The molecule has 0 aromatic heterocycles. The van der Waals surface area contributed by atoms with Crippen molar-refractivity contribution in [2.75, 3.05) is 12.3 Å². The van der Waals surface area contributed by atoms with Gasteiger partial charge in [-0.25, -0.2) is 13.2 Å². The fourth-order valence-corrected chi connectivity index (χ4v) is 4.43. The van der Waals surface area contributed by atoms with Crippen LogP contribution in [-0.4, -0.2) is 43.4 Å². The summed E-state index contributed by atoms with van der Waals surface area (Å²) >= 11 is 0. The van der Waals surface area contributed by atoms with Crippen molar-refractivity contribution in [2.45, 2.75) is 52.2 Å². The van der Waals surface area contributed by atoms with Crippen molar-refractivity contribution in [3.63, 3.8) is 0 Å². The Balaban J connectivity index is 2.36. The van der Waals surface area contributed by atoms with Crippen LogP contribution in [0.2, 0.25) is 0 Å². The van der Waals surface area contributed by atoms with Crippen molar-refractivity contribution in [3.05, 3.63) is 35.9 Å². The van der Waals surface area contributed by atoms with Gasteiger partial charge in [0, 0.05) is 6.54 Å². The number of carboxylic acid groups (broad SMARTS) is 1. The van der Waals surface area contributed by atoms with Crippen molar-refractivity contribution >= 4 is 22.1 Å². The Kier molecular flexibility index (Phi) is 9.40. The molecule has 28 heavy (non-hydrogen) atoms. The van der Waals surface area contributed by atoms with Crippen LogP contribution in [-0.2, 0) is 26.2 Å². The van der Waals surface area contributed by atoms with E-state index in [2.05, 4.69) is 10.0 Å². The number of nitrogens with one attached hydrogen (secondary N) is 2. The molecule has 3 N–H and O–H groups in total. The molecule has 0 saturated carbocycles. The highest BCUT2D eigenvalue weighted by atomic mass is 32.2. The number of carbonyl (C=O) groups is 2. The van der Waals surface area contributed by atoms with Crippen LogP contribution in [0.25, 0.3) is 0 Å². The van der Waals surface area contributed by atoms with E-state index in [4.69, 9.17) is 4.74 Å². The van der Waals surface area contributed by atoms with Gasteiger partial charge < -0.3 is 15.2 Å². The fourth-order valence-electron chi connectivity index (χ4n) is 2.59. The number of amides is 1. The molecule has 8 nitrogen and oxygen atoms in total. The number of sulfonamides is 1. The molecule has 1 amide bonds. The predicted molar refractivity (Wildman–Crippen MR) is 106 cm³/mol. The summed E-state index contributed by atoms with van der Waals surface area (Å²) in [6, 6.07) is 9.27. The second-order valence-corrected chi connectivity index (χ2v) is 9.13. The summed E-state index contributed by atoms with van der Waals surface area (Å²) in [5, 5.41) is 12.0. The number of hydrogen-bond donors (Lipinski definition) is 3. The smallest absolute Gasteiger partial charge is 0.407 e. The van der Waals surface area contributed by atoms with Gasteiger partial charge in [0.05, 0.1) is 5.75 Å². The number of alkyl carbamates (subject to hydrolysis) is 1. The van der Waals surface area contributed by atoms with Gasteiger partial charge in [-0.15, -0.1) is 0 Å². The Hall–Kier alpha value is -2.13. The first-order valence-electron chi connectivity index (χ1n) is 9.24. The molecular weight excluding hydrogens is 384 g/mol. The summed E-state index contributed by atoms with van der Waals surface area (Å²) in [6.07, 6.45) is 0.476. The van der Waals surface area contributed by atoms with Crippen LogP contribution in [0.1, 0.15) is 45.6 Å². The van der Waals surface area contributed by atoms with E-state index in [1.54, 1.807) is 13.8 Å². The highest BCUT2D eigenvalue weighted by Crippen LogP contribution is 2.16. The topological polar surface area (TPSA) is 122 Å². The Morgan fingerprint density at radius 3 is 2.39 bits per heavy atom. The summed E-state index contributed by atoms with van der Waals surface area (Å²) in [7, 11) is -3.69. The van der Waals surface area contributed by atoms with Gasteiger partial charge in [-0.3, -0.25) is 4.79 Å². The lowest BCUT2D eigenvalue weighted by Crippen LogP contribution is -2.53. The lowest BCUT2D eigenvalue weighted by molar-refractivity contribution is -0.143. The quantitative estimate of drug-likeness (QED) is 0.452. The molecule has 0 unspecified atom stereocenters. The molecule has 1 aromatic rings. The second kappa shape index (κ2) is 11.0. The standard InChI is InChI=1S/C19H30N2O6S/c1-15(2)14-28(25,26)21-19(3,17(22)23)11-7-8-12-20-18(24)27-13-16-9-5-4-6-10-16/h4-6,9-10,15,21H,7-8,11-14H2,1-3H3,(H,20,24)(H,22,23)/t19-/m0/s1. The van der Waals surface area contributed by atoms with E-state index in [9.17, 15) is 23.1 Å². The third-order valence-electron chi connectivity index (χ3n) is 3.99. The summed E-state index contributed by atoms with van der Waals surface area (Å²) in [5.41, 5.74) is -0.704. The molecule has 0 spiro atoms. The average molecular weight is 415 g/mol. The van der Waals surface area contributed by atoms with E-state index in [0.29, 0.717) is 19.4 Å². The van der Waals surface area contributed by atoms with E-state index in [-0.39, 0.29) is 24.7 Å². The number of rotatable bonds is 12. The van der Waals surface area contributed by atoms with Gasteiger partial charge >= 0.3 is 12.1 Å². The highest BCUT2D eigenvalue weighted by Gasteiger charge is 2.36. The molecule has 1 rings (SSSR count). The molecule has 0 aliphatic carbocycles. The molecule has 0 saturated heterocycles. The van der Waals surface area contributed by atoms with Crippen LogP contribution in [0.3, 0.4) is 0 Å². The Labute approximate surface area is 166 Å². The van der Waals surface area contributed by atoms with Gasteiger partial charge in [-0.1, -0.05) is 44.2 Å². The molecule has 0 aliphatic rings. The van der Waals surface area contributed by atoms with E-state index in [0.717, 1.165) is 5.56 Å². The van der Waals surface area contributed by atoms with E-state index in [1.165, 1.54) is 6.92 Å². The van der Waals surface area contributed by atoms with Gasteiger partial charge in [-0.2, -0.15) is 4.72 Å². The first kappa shape index (κ1) is 23.9. The number of hydrogen-bond acceptors (Lipinski definition) is 5. The molecule has 158 valence electrons. The predicted octanol–water partition coefficient (Wildman–Crippen LogP) is 2.50. The molecule has 1 aromatic carbocycles. The maximum atomic E-state index is 12.1. The van der Waals surface area contributed by atoms with E-state index in [1.807, 2.05) is 30.3 Å². The molecule has 0 aliphatic heterocycles. The van der Waals surface area contributed by atoms with Crippen LogP contribution < -0.4 is 10.0 Å². The number of carbonyl (C=O) groups excluding carboxylic acids is 1. The van der Waals surface area contributed by atoms with Crippen molar-refractivity contribution in [1.29, 1.82) is 0 Å². The molecular formula is C19H30N2O6S. The summed E-state index contributed by atoms with van der Waals surface area (Å²) < 4.78 is 31.5. The van der Waals surface area contributed by atoms with Crippen LogP contribution >= 0.6 is 0 Å². The number of aliphatic carboxylic acids is 1. The van der Waals surface area contributed by atoms with Crippen LogP contribution in [0.4, 0.5) is 4.79 Å². The zero-order chi connectivity index (χ0) is 21.2. The average Bonchev–Trinajstić information content (AvgIpc) is 2.58. The Bertz CT molecular complexity index is 736. The molecule has 0 heterocycles. The molecule has 0 bridgehead atoms. The molecule has 0 fully saturated rings. The van der Waals surface area contributed by atoms with Crippen molar-refractivity contribution in [1.82, 2.24) is 10.0 Å². The normalized spacial score (nSPS) is 13.7. The number of ether oxygens (including phenoxy) is 1. The number of unbranched alkanes of at least 4 members (excludes halogenated alkanes) is 1. The van der Waals surface area contributed by atoms with Gasteiger partial charge in [-0.05, 0) is 37.7 Å². The SMILES string of the molecule is CC(C)CS(=O)(=O)N[C@@](C)(CCCCNC(=O)OCc1ccccc1)C(=O)O.